The Labute approximate surface area is 98.4 Å². The maximum Gasteiger partial charge on any atom is 0.575 e. The second-order valence-electron chi connectivity index (χ2n) is 3.37. The fourth-order valence-corrected chi connectivity index (χ4v) is 1.44. The number of aliphatic hydroxyl groups is 1. The van der Waals surface area contributed by atoms with Gasteiger partial charge >= 0.3 is 18.3 Å². The van der Waals surface area contributed by atoms with E-state index in [1.165, 1.54) is 0 Å². The number of esters is 1. The smallest absolute Gasteiger partial charge is 0.478 e. The summed E-state index contributed by atoms with van der Waals surface area (Å²) in [4.78, 5) is 25.3. The molecule has 0 radical (unpaired) electrons. The third kappa shape index (κ3) is 3.29. The van der Waals surface area contributed by atoms with E-state index in [1.54, 1.807) is 0 Å². The van der Waals surface area contributed by atoms with Crippen LogP contribution in [0.2, 0.25) is 0 Å². The van der Waals surface area contributed by atoms with Crippen LogP contribution < -0.4 is 0 Å². The van der Waals surface area contributed by atoms with E-state index in [9.17, 15) is 22.8 Å². The molecule has 6 nitrogen and oxygen atoms in total. The van der Waals surface area contributed by atoms with E-state index >= 15 is 0 Å². The number of carbonyl (C=O) groups excluding carboxylic acids is 1. The second-order valence-corrected chi connectivity index (χ2v) is 3.37. The van der Waals surface area contributed by atoms with Crippen LogP contribution in [0.15, 0.2) is 16.8 Å². The van der Waals surface area contributed by atoms with E-state index in [0.29, 0.717) is 0 Å². The van der Waals surface area contributed by atoms with E-state index in [4.69, 9.17) is 10.2 Å². The lowest BCUT2D eigenvalue weighted by atomic mass is 9.86. The van der Waals surface area contributed by atoms with Gasteiger partial charge in [0.25, 0.3) is 0 Å². The van der Waals surface area contributed by atoms with Crippen LogP contribution >= 0.6 is 0 Å². The summed E-state index contributed by atoms with van der Waals surface area (Å²) in [6.07, 6.45) is -3.50. The van der Waals surface area contributed by atoms with Gasteiger partial charge < -0.3 is 14.9 Å². The number of carbonyl (C=O) groups is 2. The number of alkyl halides is 3. The van der Waals surface area contributed by atoms with Gasteiger partial charge in [-0.05, 0) is 0 Å². The molecule has 0 aromatic rings. The van der Waals surface area contributed by atoms with Gasteiger partial charge in [0.15, 0.2) is 0 Å². The molecule has 0 saturated carbocycles. The first-order valence-corrected chi connectivity index (χ1v) is 4.63. The summed E-state index contributed by atoms with van der Waals surface area (Å²) in [6, 6.07) is 0. The number of aliphatic imine (C=N–C) groups is 1. The number of aliphatic hydroxyl groups excluding tert-OH is 1. The number of hydrogen-bond donors (Lipinski definition) is 2. The molecule has 0 aromatic carbocycles. The molecule has 2 N–H and O–H groups in total. The second kappa shape index (κ2) is 5.17. The number of aliphatic carboxylic acids is 1. The largest absolute Gasteiger partial charge is 0.575 e. The van der Waals surface area contributed by atoms with Crippen LogP contribution in [0, 0.1) is 11.8 Å². The molecular weight excluding hydrogens is 259 g/mol. The molecule has 1 aliphatic rings. The third-order valence-corrected chi connectivity index (χ3v) is 2.23. The van der Waals surface area contributed by atoms with Crippen molar-refractivity contribution in [3.05, 3.63) is 11.8 Å². The van der Waals surface area contributed by atoms with Gasteiger partial charge in [0.1, 0.15) is 5.92 Å². The number of ether oxygens (including phenoxy) is 1. The Morgan fingerprint density at radius 3 is 2.50 bits per heavy atom. The zero-order valence-electron chi connectivity index (χ0n) is 8.72. The lowest BCUT2D eigenvalue weighted by Crippen LogP contribution is -2.36. The minimum Gasteiger partial charge on any atom is -0.478 e. The Morgan fingerprint density at radius 2 is 2.06 bits per heavy atom. The van der Waals surface area contributed by atoms with Crippen molar-refractivity contribution in [1.29, 1.82) is 0 Å². The Kier molecular flexibility index (Phi) is 4.07. The van der Waals surface area contributed by atoms with Crippen molar-refractivity contribution in [3.8, 4) is 0 Å². The van der Waals surface area contributed by atoms with Crippen molar-refractivity contribution in [3.63, 3.8) is 0 Å². The van der Waals surface area contributed by atoms with Crippen molar-refractivity contribution in [2.75, 3.05) is 6.61 Å². The summed E-state index contributed by atoms with van der Waals surface area (Å²) < 4.78 is 38.8. The van der Waals surface area contributed by atoms with Crippen molar-refractivity contribution < 1.29 is 37.7 Å². The molecular formula is C9H8F3NO5. The highest BCUT2D eigenvalue weighted by Gasteiger charge is 2.41. The Balaban J connectivity index is 2.91. The highest BCUT2D eigenvalue weighted by Crippen LogP contribution is 2.27. The standard InChI is InChI=1S/C9H8F3NO5/c10-9(11,12)18-8(17)5-2-13-1-4(7(15)16)6(5)3-14/h1-2,5-6,14H,3H2,(H,15,16). The Hall–Kier alpha value is -1.90. The fourth-order valence-electron chi connectivity index (χ4n) is 1.44. The Bertz CT molecular complexity index is 415. The number of rotatable bonds is 3. The zero-order valence-corrected chi connectivity index (χ0v) is 8.72. The van der Waals surface area contributed by atoms with Gasteiger partial charge in [0.2, 0.25) is 0 Å². The lowest BCUT2D eigenvalue weighted by Gasteiger charge is -2.23. The molecule has 9 heteroatoms. The summed E-state index contributed by atoms with van der Waals surface area (Å²) in [7, 11) is 0. The number of carboxylic acids is 1. The van der Waals surface area contributed by atoms with Gasteiger partial charge in [0, 0.05) is 18.3 Å². The summed E-state index contributed by atoms with van der Waals surface area (Å²) in [6.45, 7) is -0.818. The molecule has 0 fully saturated rings. The van der Waals surface area contributed by atoms with Crippen LogP contribution in [0.5, 0.6) is 0 Å². The summed E-state index contributed by atoms with van der Waals surface area (Å²) in [5.41, 5.74) is -0.455. The van der Waals surface area contributed by atoms with Crippen molar-refractivity contribution in [2.24, 2.45) is 16.8 Å². The molecule has 18 heavy (non-hydrogen) atoms. The molecule has 1 rings (SSSR count). The average Bonchev–Trinajstić information content (AvgIpc) is 2.25. The number of hydrogen-bond acceptors (Lipinski definition) is 5. The summed E-state index contributed by atoms with van der Waals surface area (Å²) >= 11 is 0. The van der Waals surface area contributed by atoms with Gasteiger partial charge in [-0.3, -0.25) is 9.79 Å². The van der Waals surface area contributed by atoms with Crippen LogP contribution in [-0.4, -0.2) is 41.3 Å². The van der Waals surface area contributed by atoms with E-state index in [-0.39, 0.29) is 0 Å². The number of halogens is 3. The molecule has 0 spiro atoms. The lowest BCUT2D eigenvalue weighted by molar-refractivity contribution is -0.307. The minimum atomic E-state index is -5.17. The zero-order chi connectivity index (χ0) is 13.9. The SMILES string of the molecule is O=C(O)C1=CN=CC(C(=O)OC(F)(F)F)C1CO. The van der Waals surface area contributed by atoms with E-state index in [0.717, 1.165) is 12.4 Å². The van der Waals surface area contributed by atoms with Gasteiger partial charge in [-0.1, -0.05) is 0 Å². The van der Waals surface area contributed by atoms with E-state index in [1.807, 2.05) is 0 Å². The molecule has 0 aliphatic carbocycles. The predicted octanol–water partition coefficient (Wildman–Crippen LogP) is 0.327. The van der Waals surface area contributed by atoms with Gasteiger partial charge in [0.05, 0.1) is 12.2 Å². The monoisotopic (exact) mass is 267 g/mol. The molecule has 0 amide bonds. The molecule has 0 aromatic heterocycles. The average molecular weight is 267 g/mol. The van der Waals surface area contributed by atoms with Crippen LogP contribution in [0.4, 0.5) is 13.2 Å². The minimum absolute atomic E-state index is 0.455. The first-order valence-electron chi connectivity index (χ1n) is 4.63. The number of carboxylic acid groups (broad SMARTS) is 1. The van der Waals surface area contributed by atoms with Crippen LogP contribution in [-0.2, 0) is 14.3 Å². The fraction of sp³-hybridized carbons (Fsp3) is 0.444. The highest BCUT2D eigenvalue weighted by molar-refractivity contribution is 5.96. The van der Waals surface area contributed by atoms with Crippen LogP contribution in [0.1, 0.15) is 0 Å². The van der Waals surface area contributed by atoms with Crippen molar-refractivity contribution >= 4 is 18.2 Å². The van der Waals surface area contributed by atoms with Crippen LogP contribution in [0.3, 0.4) is 0 Å². The molecule has 100 valence electrons. The first kappa shape index (κ1) is 14.2. The van der Waals surface area contributed by atoms with Gasteiger partial charge in [-0.2, -0.15) is 0 Å². The normalized spacial score (nSPS) is 23.4. The van der Waals surface area contributed by atoms with Crippen LogP contribution in [0.25, 0.3) is 0 Å². The Morgan fingerprint density at radius 1 is 1.44 bits per heavy atom. The van der Waals surface area contributed by atoms with E-state index in [2.05, 4.69) is 9.73 Å². The molecule has 2 unspecified atom stereocenters. The molecule has 0 bridgehead atoms. The quantitative estimate of drug-likeness (QED) is 0.718. The van der Waals surface area contributed by atoms with E-state index < -0.39 is 42.3 Å². The summed E-state index contributed by atoms with van der Waals surface area (Å²) in [5, 5.41) is 17.7. The predicted molar refractivity (Wildman–Crippen MR) is 50.4 cm³/mol. The van der Waals surface area contributed by atoms with Gasteiger partial charge in [-0.15, -0.1) is 13.2 Å². The maximum atomic E-state index is 11.9. The number of nitrogens with zero attached hydrogens (tertiary/aromatic N) is 1. The molecule has 1 aliphatic heterocycles. The topological polar surface area (TPSA) is 96.2 Å². The summed E-state index contributed by atoms with van der Waals surface area (Å²) in [5.74, 6) is -6.10. The first-order chi connectivity index (χ1) is 8.26. The molecule has 0 saturated heterocycles. The molecule has 1 heterocycles. The van der Waals surface area contributed by atoms with Gasteiger partial charge in [-0.25, -0.2) is 4.79 Å². The molecule has 2 atom stereocenters. The highest BCUT2D eigenvalue weighted by atomic mass is 19.4. The maximum absolute atomic E-state index is 11.9. The third-order valence-electron chi connectivity index (χ3n) is 2.23. The van der Waals surface area contributed by atoms with Crippen molar-refractivity contribution in [2.45, 2.75) is 6.36 Å². The van der Waals surface area contributed by atoms with Crippen molar-refractivity contribution in [1.82, 2.24) is 0 Å².